The predicted octanol–water partition coefficient (Wildman–Crippen LogP) is 4.26. The lowest BCUT2D eigenvalue weighted by atomic mass is 10.0. The van der Waals surface area contributed by atoms with Gasteiger partial charge in [0.25, 0.3) is 0 Å². The van der Waals surface area contributed by atoms with Crippen LogP contribution in [0.3, 0.4) is 0 Å². The number of methoxy groups -OCH3 is 3. The van der Waals surface area contributed by atoms with Gasteiger partial charge in [-0.2, -0.15) is 0 Å². The summed E-state index contributed by atoms with van der Waals surface area (Å²) >= 11 is 0. The molecule has 0 amide bonds. The van der Waals surface area contributed by atoms with Crippen molar-refractivity contribution in [2.75, 3.05) is 21.3 Å². The van der Waals surface area contributed by atoms with E-state index in [2.05, 4.69) is 0 Å². The molecule has 4 nitrogen and oxygen atoms in total. The van der Waals surface area contributed by atoms with Crippen molar-refractivity contribution in [2.45, 2.75) is 6.61 Å². The van der Waals surface area contributed by atoms with Crippen molar-refractivity contribution in [1.29, 1.82) is 0 Å². The molecule has 3 rings (SSSR count). The monoisotopic (exact) mass is 298 g/mol. The van der Waals surface area contributed by atoms with Crippen LogP contribution in [0.25, 0.3) is 22.1 Å². The molecule has 2 aromatic carbocycles. The zero-order chi connectivity index (χ0) is 15.5. The smallest absolute Gasteiger partial charge is 0.145 e. The van der Waals surface area contributed by atoms with Crippen molar-refractivity contribution in [3.63, 3.8) is 0 Å². The van der Waals surface area contributed by atoms with Gasteiger partial charge in [0, 0.05) is 23.9 Å². The second kappa shape index (κ2) is 6.12. The number of hydrogen-bond donors (Lipinski definition) is 0. The zero-order valence-electron chi connectivity index (χ0n) is 12.9. The van der Waals surface area contributed by atoms with Crippen LogP contribution in [0.4, 0.5) is 0 Å². The highest BCUT2D eigenvalue weighted by Crippen LogP contribution is 2.41. The maximum atomic E-state index is 5.83. The summed E-state index contributed by atoms with van der Waals surface area (Å²) in [7, 11) is 4.93. The van der Waals surface area contributed by atoms with E-state index in [-0.39, 0.29) is 0 Å². The average molecular weight is 298 g/mol. The second-order valence-electron chi connectivity index (χ2n) is 4.95. The molecular weight excluding hydrogens is 280 g/mol. The van der Waals surface area contributed by atoms with E-state index in [4.69, 9.17) is 18.6 Å². The minimum Gasteiger partial charge on any atom is -0.497 e. The van der Waals surface area contributed by atoms with E-state index in [1.807, 2.05) is 36.4 Å². The largest absolute Gasteiger partial charge is 0.497 e. The Kier molecular flexibility index (Phi) is 4.02. The van der Waals surface area contributed by atoms with Gasteiger partial charge >= 0.3 is 0 Å². The Bertz CT molecular complexity index is 789. The molecule has 0 fully saturated rings. The topological polar surface area (TPSA) is 40.8 Å². The van der Waals surface area contributed by atoms with Gasteiger partial charge in [0.2, 0.25) is 0 Å². The lowest BCUT2D eigenvalue weighted by molar-refractivity contribution is 0.184. The van der Waals surface area contributed by atoms with Crippen LogP contribution in [-0.2, 0) is 11.3 Å². The molecule has 0 spiro atoms. The minimum absolute atomic E-state index is 0.442. The summed E-state index contributed by atoms with van der Waals surface area (Å²) in [6.07, 6.45) is 1.75. The first kappa shape index (κ1) is 14.5. The number of hydrogen-bond acceptors (Lipinski definition) is 4. The van der Waals surface area contributed by atoms with E-state index in [0.717, 1.165) is 33.4 Å². The molecule has 0 aliphatic heterocycles. The van der Waals surface area contributed by atoms with Crippen molar-refractivity contribution < 1.29 is 18.6 Å². The lowest BCUT2D eigenvalue weighted by Crippen LogP contribution is -1.98. The summed E-state index contributed by atoms with van der Waals surface area (Å²) in [6, 6.07) is 11.8. The van der Waals surface area contributed by atoms with Crippen molar-refractivity contribution in [3.05, 3.63) is 48.2 Å². The quantitative estimate of drug-likeness (QED) is 0.705. The third-order valence-corrected chi connectivity index (χ3v) is 3.65. The van der Waals surface area contributed by atoms with Gasteiger partial charge in [-0.3, -0.25) is 0 Å². The predicted molar refractivity (Wildman–Crippen MR) is 85.5 cm³/mol. The van der Waals surface area contributed by atoms with Gasteiger partial charge in [-0.1, -0.05) is 24.3 Å². The normalized spacial score (nSPS) is 10.9. The molecule has 0 atom stereocenters. The fraction of sp³-hybridized carbons (Fsp3) is 0.222. The first-order chi connectivity index (χ1) is 10.8. The fourth-order valence-corrected chi connectivity index (χ4v) is 2.64. The molecule has 0 saturated heterocycles. The molecule has 0 saturated carbocycles. The highest BCUT2D eigenvalue weighted by Gasteiger charge is 2.19. The summed E-state index contributed by atoms with van der Waals surface area (Å²) in [4.78, 5) is 0. The molecular formula is C18H18O4. The first-order valence-corrected chi connectivity index (χ1v) is 6.99. The lowest BCUT2D eigenvalue weighted by Gasteiger charge is -2.14. The standard InChI is InChI=1S/C18H18O4/c1-19-10-13-8-14(20-2)9-16(21-3)17(13)18-15-7-5-4-6-12(15)11-22-18/h4-9,11H,10H2,1-3H3. The maximum Gasteiger partial charge on any atom is 0.145 e. The van der Waals surface area contributed by atoms with Gasteiger partial charge in [-0.25, -0.2) is 0 Å². The van der Waals surface area contributed by atoms with Gasteiger partial charge in [0.1, 0.15) is 17.3 Å². The number of ether oxygens (including phenoxy) is 3. The van der Waals surface area contributed by atoms with E-state index >= 15 is 0 Å². The number of furan rings is 1. The first-order valence-electron chi connectivity index (χ1n) is 6.99. The molecule has 1 heterocycles. The van der Waals surface area contributed by atoms with E-state index in [0.29, 0.717) is 12.4 Å². The molecule has 3 aromatic rings. The number of benzene rings is 2. The SMILES string of the molecule is COCc1cc(OC)cc(OC)c1-c1occ2ccccc12. The molecule has 1 aromatic heterocycles. The van der Waals surface area contributed by atoms with Crippen LogP contribution in [0.15, 0.2) is 47.1 Å². The zero-order valence-corrected chi connectivity index (χ0v) is 12.9. The third-order valence-electron chi connectivity index (χ3n) is 3.65. The maximum absolute atomic E-state index is 5.83. The molecule has 114 valence electrons. The van der Waals surface area contributed by atoms with Crippen molar-refractivity contribution >= 4 is 10.8 Å². The van der Waals surface area contributed by atoms with Crippen molar-refractivity contribution in [1.82, 2.24) is 0 Å². The molecule has 0 aliphatic rings. The van der Waals surface area contributed by atoms with Gasteiger partial charge in [-0.15, -0.1) is 0 Å². The second-order valence-corrected chi connectivity index (χ2v) is 4.95. The summed E-state index contributed by atoms with van der Waals surface area (Å²) in [6.45, 7) is 0.442. The molecule has 0 bridgehead atoms. The van der Waals surface area contributed by atoms with Crippen LogP contribution < -0.4 is 9.47 Å². The Balaban J connectivity index is 2.28. The summed E-state index contributed by atoms with van der Waals surface area (Å²) < 4.78 is 22.0. The van der Waals surface area contributed by atoms with Crippen LogP contribution >= 0.6 is 0 Å². The van der Waals surface area contributed by atoms with E-state index < -0.39 is 0 Å². The minimum atomic E-state index is 0.442. The molecule has 0 radical (unpaired) electrons. The van der Waals surface area contributed by atoms with Crippen molar-refractivity contribution in [2.24, 2.45) is 0 Å². The fourth-order valence-electron chi connectivity index (χ4n) is 2.64. The molecule has 4 heteroatoms. The van der Waals surface area contributed by atoms with E-state index in [1.54, 1.807) is 27.6 Å². The molecule has 0 N–H and O–H groups in total. The highest BCUT2D eigenvalue weighted by atomic mass is 16.5. The molecule has 0 unspecified atom stereocenters. The third kappa shape index (κ3) is 2.42. The molecule has 0 aliphatic carbocycles. The molecule has 22 heavy (non-hydrogen) atoms. The Morgan fingerprint density at radius 3 is 2.55 bits per heavy atom. The summed E-state index contributed by atoms with van der Waals surface area (Å²) in [5.41, 5.74) is 1.85. The summed E-state index contributed by atoms with van der Waals surface area (Å²) in [5, 5.41) is 2.10. The van der Waals surface area contributed by atoms with Crippen molar-refractivity contribution in [3.8, 4) is 22.8 Å². The van der Waals surface area contributed by atoms with E-state index in [9.17, 15) is 0 Å². The van der Waals surface area contributed by atoms with Gasteiger partial charge in [0.05, 0.1) is 32.7 Å². The van der Waals surface area contributed by atoms with Gasteiger partial charge in [-0.05, 0) is 11.6 Å². The van der Waals surface area contributed by atoms with Gasteiger partial charge in [0.15, 0.2) is 0 Å². The Hall–Kier alpha value is -2.46. The van der Waals surface area contributed by atoms with Crippen LogP contribution in [0, 0.1) is 0 Å². The van der Waals surface area contributed by atoms with E-state index in [1.165, 1.54) is 0 Å². The van der Waals surface area contributed by atoms with Crippen LogP contribution in [0.1, 0.15) is 5.56 Å². The summed E-state index contributed by atoms with van der Waals surface area (Å²) in [5.74, 6) is 2.21. The van der Waals surface area contributed by atoms with Gasteiger partial charge < -0.3 is 18.6 Å². The Morgan fingerprint density at radius 1 is 1.00 bits per heavy atom. The van der Waals surface area contributed by atoms with Crippen LogP contribution in [0.2, 0.25) is 0 Å². The number of fused-ring (bicyclic) bond motifs is 1. The highest BCUT2D eigenvalue weighted by molar-refractivity contribution is 5.96. The van der Waals surface area contributed by atoms with Crippen LogP contribution in [0.5, 0.6) is 11.5 Å². The Morgan fingerprint density at radius 2 is 1.82 bits per heavy atom. The Labute approximate surface area is 129 Å². The average Bonchev–Trinajstić information content (AvgIpc) is 2.98. The van der Waals surface area contributed by atoms with Crippen LogP contribution in [-0.4, -0.2) is 21.3 Å². The number of rotatable bonds is 5.